The summed E-state index contributed by atoms with van der Waals surface area (Å²) in [5.41, 5.74) is 0. The van der Waals surface area contributed by atoms with E-state index in [9.17, 15) is 4.79 Å². The molecule has 1 amide bonds. The Hall–Kier alpha value is -1.03. The van der Waals surface area contributed by atoms with Crippen molar-refractivity contribution in [2.24, 2.45) is 5.92 Å². The summed E-state index contributed by atoms with van der Waals surface area (Å²) in [6, 6.07) is 0. The molecule has 0 aromatic carbocycles. The van der Waals surface area contributed by atoms with E-state index in [-0.39, 0.29) is 12.7 Å². The van der Waals surface area contributed by atoms with Crippen molar-refractivity contribution in [1.29, 1.82) is 0 Å². The molecule has 0 spiro atoms. The Morgan fingerprint density at radius 3 is 2.93 bits per heavy atom. The number of amides is 1. The fourth-order valence-electron chi connectivity index (χ4n) is 1.60. The minimum absolute atomic E-state index is 0.267. The molecule has 15 heavy (non-hydrogen) atoms. The molecule has 1 heterocycles. The summed E-state index contributed by atoms with van der Waals surface area (Å²) >= 11 is 0. The number of nitrogens with one attached hydrogen (secondary N) is 1. The SMILES string of the molecule is C=CCOC(=O)NCCC1CCOCC1. The number of hydrogen-bond donors (Lipinski definition) is 1. The number of rotatable bonds is 5. The Morgan fingerprint density at radius 2 is 2.27 bits per heavy atom. The molecule has 0 bridgehead atoms. The first-order chi connectivity index (χ1) is 7.33. The summed E-state index contributed by atoms with van der Waals surface area (Å²) in [6.07, 6.45) is 4.40. The second kappa shape index (κ2) is 7.29. The van der Waals surface area contributed by atoms with Gasteiger partial charge in [0.05, 0.1) is 0 Å². The topological polar surface area (TPSA) is 47.6 Å². The highest BCUT2D eigenvalue weighted by Crippen LogP contribution is 2.17. The van der Waals surface area contributed by atoms with Crippen molar-refractivity contribution in [3.63, 3.8) is 0 Å². The average Bonchev–Trinajstić information content (AvgIpc) is 2.28. The van der Waals surface area contributed by atoms with E-state index in [1.807, 2.05) is 0 Å². The van der Waals surface area contributed by atoms with Gasteiger partial charge in [0.25, 0.3) is 0 Å². The zero-order valence-corrected chi connectivity index (χ0v) is 9.04. The van der Waals surface area contributed by atoms with Crippen LogP contribution in [0.3, 0.4) is 0 Å². The van der Waals surface area contributed by atoms with Crippen molar-refractivity contribution < 1.29 is 14.3 Å². The number of carbonyl (C=O) groups excluding carboxylic acids is 1. The predicted molar refractivity (Wildman–Crippen MR) is 57.7 cm³/mol. The second-order valence-corrected chi connectivity index (χ2v) is 3.66. The molecule has 0 aliphatic carbocycles. The summed E-state index contributed by atoms with van der Waals surface area (Å²) in [6.45, 7) is 6.12. The van der Waals surface area contributed by atoms with E-state index in [1.165, 1.54) is 0 Å². The smallest absolute Gasteiger partial charge is 0.407 e. The third-order valence-corrected chi connectivity index (χ3v) is 2.50. The van der Waals surface area contributed by atoms with Gasteiger partial charge in [0, 0.05) is 19.8 Å². The van der Waals surface area contributed by atoms with E-state index < -0.39 is 0 Å². The highest BCUT2D eigenvalue weighted by molar-refractivity contribution is 5.67. The largest absolute Gasteiger partial charge is 0.445 e. The van der Waals surface area contributed by atoms with Crippen LogP contribution < -0.4 is 5.32 Å². The lowest BCUT2D eigenvalue weighted by Gasteiger charge is -2.21. The highest BCUT2D eigenvalue weighted by atomic mass is 16.5. The summed E-state index contributed by atoms with van der Waals surface area (Å²) in [4.78, 5) is 11.0. The van der Waals surface area contributed by atoms with E-state index in [0.717, 1.165) is 32.5 Å². The van der Waals surface area contributed by atoms with Crippen molar-refractivity contribution in [1.82, 2.24) is 5.32 Å². The third-order valence-electron chi connectivity index (χ3n) is 2.50. The summed E-state index contributed by atoms with van der Waals surface area (Å²) in [5.74, 6) is 0.679. The first kappa shape index (κ1) is 12.0. The third kappa shape index (κ3) is 5.42. The Morgan fingerprint density at radius 1 is 1.53 bits per heavy atom. The van der Waals surface area contributed by atoms with E-state index >= 15 is 0 Å². The van der Waals surface area contributed by atoms with Gasteiger partial charge >= 0.3 is 6.09 Å². The van der Waals surface area contributed by atoms with E-state index in [1.54, 1.807) is 6.08 Å². The van der Waals surface area contributed by atoms with Crippen LogP contribution >= 0.6 is 0 Å². The maximum atomic E-state index is 11.0. The van der Waals surface area contributed by atoms with E-state index in [0.29, 0.717) is 12.5 Å². The molecule has 0 unspecified atom stereocenters. The maximum absolute atomic E-state index is 11.0. The molecule has 86 valence electrons. The van der Waals surface area contributed by atoms with Crippen molar-refractivity contribution in [2.45, 2.75) is 19.3 Å². The van der Waals surface area contributed by atoms with Gasteiger partial charge in [-0.1, -0.05) is 12.7 Å². The minimum Gasteiger partial charge on any atom is -0.445 e. The molecular formula is C11H19NO3. The quantitative estimate of drug-likeness (QED) is 0.707. The van der Waals surface area contributed by atoms with E-state index in [2.05, 4.69) is 11.9 Å². The van der Waals surface area contributed by atoms with Crippen LogP contribution in [0.25, 0.3) is 0 Å². The maximum Gasteiger partial charge on any atom is 0.407 e. The Bertz CT molecular complexity index is 200. The molecular weight excluding hydrogens is 194 g/mol. The average molecular weight is 213 g/mol. The molecule has 1 rings (SSSR count). The molecule has 0 radical (unpaired) electrons. The van der Waals surface area contributed by atoms with Gasteiger partial charge in [0.2, 0.25) is 0 Å². The number of hydrogen-bond acceptors (Lipinski definition) is 3. The molecule has 1 aliphatic rings. The summed E-state index contributed by atoms with van der Waals surface area (Å²) in [5, 5.41) is 2.72. The molecule has 1 aliphatic heterocycles. The highest BCUT2D eigenvalue weighted by Gasteiger charge is 2.13. The molecule has 1 fully saturated rings. The van der Waals surface area contributed by atoms with Crippen molar-refractivity contribution in [3.05, 3.63) is 12.7 Å². The van der Waals surface area contributed by atoms with Crippen LogP contribution in [0.4, 0.5) is 4.79 Å². The van der Waals surface area contributed by atoms with Crippen LogP contribution in [-0.2, 0) is 9.47 Å². The van der Waals surface area contributed by atoms with Crippen LogP contribution in [0.2, 0.25) is 0 Å². The van der Waals surface area contributed by atoms with Gasteiger partial charge in [-0.15, -0.1) is 0 Å². The molecule has 0 aromatic rings. The van der Waals surface area contributed by atoms with Gasteiger partial charge in [-0.3, -0.25) is 0 Å². The number of carbonyl (C=O) groups is 1. The van der Waals surface area contributed by atoms with Crippen molar-refractivity contribution in [2.75, 3.05) is 26.4 Å². The Kier molecular flexibility index (Phi) is 5.85. The summed E-state index contributed by atoms with van der Waals surface area (Å²) in [7, 11) is 0. The first-order valence-corrected chi connectivity index (χ1v) is 5.42. The van der Waals surface area contributed by atoms with Crippen LogP contribution in [0.5, 0.6) is 0 Å². The molecule has 0 atom stereocenters. The lowest BCUT2D eigenvalue weighted by Crippen LogP contribution is -2.28. The van der Waals surface area contributed by atoms with Gasteiger partial charge in [-0.2, -0.15) is 0 Å². The fraction of sp³-hybridized carbons (Fsp3) is 0.727. The van der Waals surface area contributed by atoms with Crippen LogP contribution in [0.1, 0.15) is 19.3 Å². The lowest BCUT2D eigenvalue weighted by atomic mass is 9.97. The van der Waals surface area contributed by atoms with Gasteiger partial charge in [-0.05, 0) is 25.2 Å². The number of alkyl carbamates (subject to hydrolysis) is 1. The second-order valence-electron chi connectivity index (χ2n) is 3.66. The molecule has 1 saturated heterocycles. The Balaban J connectivity index is 1.99. The minimum atomic E-state index is -0.359. The standard InChI is InChI=1S/C11H19NO3/c1-2-7-15-11(13)12-6-3-10-4-8-14-9-5-10/h2,10H,1,3-9H2,(H,12,13). The molecule has 4 heteroatoms. The van der Waals surface area contributed by atoms with Gasteiger partial charge in [0.15, 0.2) is 0 Å². The van der Waals surface area contributed by atoms with Crippen molar-refractivity contribution in [3.8, 4) is 0 Å². The number of ether oxygens (including phenoxy) is 2. The summed E-state index contributed by atoms with van der Waals surface area (Å²) < 4.78 is 10.0. The van der Waals surface area contributed by atoms with Gasteiger partial charge in [0.1, 0.15) is 6.61 Å². The van der Waals surface area contributed by atoms with Gasteiger partial charge in [-0.25, -0.2) is 4.79 Å². The Labute approximate surface area is 90.6 Å². The normalized spacial score (nSPS) is 17.1. The zero-order chi connectivity index (χ0) is 10.9. The zero-order valence-electron chi connectivity index (χ0n) is 9.04. The van der Waals surface area contributed by atoms with Crippen molar-refractivity contribution >= 4 is 6.09 Å². The molecule has 4 nitrogen and oxygen atoms in total. The van der Waals surface area contributed by atoms with E-state index in [4.69, 9.17) is 9.47 Å². The van der Waals surface area contributed by atoms with Gasteiger partial charge < -0.3 is 14.8 Å². The fourth-order valence-corrected chi connectivity index (χ4v) is 1.60. The predicted octanol–water partition coefficient (Wildman–Crippen LogP) is 1.72. The van der Waals surface area contributed by atoms with Crippen LogP contribution in [0.15, 0.2) is 12.7 Å². The first-order valence-electron chi connectivity index (χ1n) is 5.42. The van der Waals surface area contributed by atoms with Crippen LogP contribution in [-0.4, -0.2) is 32.5 Å². The monoisotopic (exact) mass is 213 g/mol. The molecule has 0 saturated carbocycles. The molecule has 0 aromatic heterocycles. The molecule has 1 N–H and O–H groups in total. The lowest BCUT2D eigenvalue weighted by molar-refractivity contribution is 0.0638. The van der Waals surface area contributed by atoms with Crippen LogP contribution in [0, 0.1) is 5.92 Å².